The van der Waals surface area contributed by atoms with Gasteiger partial charge < -0.3 is 24.3 Å². The predicted octanol–water partition coefficient (Wildman–Crippen LogP) is 3.48. The molecular formula is C19H23NO6. The number of carbonyl (C=O) groups excluding carboxylic acids is 1. The first-order valence-electron chi connectivity index (χ1n) is 8.13. The summed E-state index contributed by atoms with van der Waals surface area (Å²) in [6.07, 6.45) is -0.789. The number of ether oxygens (including phenoxy) is 2. The molecule has 2 N–H and O–H groups in total. The van der Waals surface area contributed by atoms with E-state index in [1.54, 1.807) is 40.0 Å². The number of furan rings is 1. The number of hydrogen-bond donors (Lipinski definition) is 2. The molecule has 1 atom stereocenters. The van der Waals surface area contributed by atoms with Crippen LogP contribution in [-0.2, 0) is 16.0 Å². The number of carboxylic acids is 1. The SMILES string of the molecule is COc1cccc(-c2ccc(CC(NC(=O)OC(C)(C)C)C(=O)O)o2)c1. The zero-order valence-corrected chi connectivity index (χ0v) is 15.2. The molecule has 26 heavy (non-hydrogen) atoms. The normalized spacial score (nSPS) is 12.3. The highest BCUT2D eigenvalue weighted by atomic mass is 16.6. The number of carbonyl (C=O) groups is 2. The van der Waals surface area contributed by atoms with Crippen molar-refractivity contribution in [3.63, 3.8) is 0 Å². The quantitative estimate of drug-likeness (QED) is 0.817. The van der Waals surface area contributed by atoms with Gasteiger partial charge in [-0.3, -0.25) is 0 Å². The number of amides is 1. The van der Waals surface area contributed by atoms with Crippen LogP contribution in [0.2, 0.25) is 0 Å². The molecule has 1 heterocycles. The number of hydrogen-bond acceptors (Lipinski definition) is 5. The lowest BCUT2D eigenvalue weighted by atomic mass is 10.1. The average molecular weight is 361 g/mol. The molecule has 7 heteroatoms. The van der Waals surface area contributed by atoms with Gasteiger partial charge >= 0.3 is 12.1 Å². The molecule has 0 fully saturated rings. The van der Waals surface area contributed by atoms with E-state index in [9.17, 15) is 14.7 Å². The van der Waals surface area contributed by atoms with Crippen LogP contribution in [-0.4, -0.2) is 35.9 Å². The van der Waals surface area contributed by atoms with Gasteiger partial charge in [0.15, 0.2) is 0 Å². The second kappa shape index (κ2) is 7.95. The number of benzene rings is 1. The lowest BCUT2D eigenvalue weighted by Crippen LogP contribution is -2.44. The zero-order valence-electron chi connectivity index (χ0n) is 15.2. The Morgan fingerprint density at radius 3 is 2.58 bits per heavy atom. The lowest BCUT2D eigenvalue weighted by molar-refractivity contribution is -0.139. The van der Waals surface area contributed by atoms with E-state index in [4.69, 9.17) is 13.9 Å². The molecule has 0 aliphatic rings. The highest BCUT2D eigenvalue weighted by Crippen LogP contribution is 2.26. The minimum atomic E-state index is -1.17. The fourth-order valence-electron chi connectivity index (χ4n) is 2.27. The van der Waals surface area contributed by atoms with Crippen LogP contribution in [0.5, 0.6) is 5.75 Å². The minimum Gasteiger partial charge on any atom is -0.497 e. The van der Waals surface area contributed by atoms with E-state index in [1.807, 2.05) is 24.3 Å². The Morgan fingerprint density at radius 2 is 1.96 bits per heavy atom. The second-order valence-corrected chi connectivity index (χ2v) is 6.74. The van der Waals surface area contributed by atoms with E-state index in [2.05, 4.69) is 5.32 Å². The van der Waals surface area contributed by atoms with Crippen molar-refractivity contribution in [1.29, 1.82) is 0 Å². The van der Waals surface area contributed by atoms with Crippen molar-refractivity contribution < 1.29 is 28.6 Å². The molecule has 0 bridgehead atoms. The first-order chi connectivity index (χ1) is 12.2. The molecular weight excluding hydrogens is 338 g/mol. The molecule has 2 aromatic rings. The van der Waals surface area contributed by atoms with Crippen molar-refractivity contribution in [3.8, 4) is 17.1 Å². The fourth-order valence-corrected chi connectivity index (χ4v) is 2.27. The van der Waals surface area contributed by atoms with Gasteiger partial charge in [-0.1, -0.05) is 12.1 Å². The van der Waals surface area contributed by atoms with Crippen molar-refractivity contribution in [3.05, 3.63) is 42.2 Å². The summed E-state index contributed by atoms with van der Waals surface area (Å²) in [6.45, 7) is 5.11. The van der Waals surface area contributed by atoms with Gasteiger partial charge in [-0.25, -0.2) is 9.59 Å². The van der Waals surface area contributed by atoms with Gasteiger partial charge in [0, 0.05) is 12.0 Å². The number of alkyl carbamates (subject to hydrolysis) is 1. The van der Waals surface area contributed by atoms with Gasteiger partial charge in [-0.2, -0.15) is 0 Å². The van der Waals surface area contributed by atoms with Gasteiger partial charge in [0.05, 0.1) is 7.11 Å². The van der Waals surface area contributed by atoms with Gasteiger partial charge in [0.25, 0.3) is 0 Å². The Kier molecular flexibility index (Phi) is 5.92. The third-order valence-electron chi connectivity index (χ3n) is 3.41. The Balaban J connectivity index is 2.09. The molecule has 0 spiro atoms. The summed E-state index contributed by atoms with van der Waals surface area (Å²) in [4.78, 5) is 23.3. The number of aliphatic carboxylic acids is 1. The Hall–Kier alpha value is -2.96. The van der Waals surface area contributed by atoms with Gasteiger partial charge in [0.2, 0.25) is 0 Å². The Morgan fingerprint density at radius 1 is 1.23 bits per heavy atom. The summed E-state index contributed by atoms with van der Waals surface area (Å²) in [5.41, 5.74) is 0.0970. The van der Waals surface area contributed by atoms with Crippen molar-refractivity contribution in [2.75, 3.05) is 7.11 Å². The van der Waals surface area contributed by atoms with E-state index in [-0.39, 0.29) is 6.42 Å². The first-order valence-corrected chi connectivity index (χ1v) is 8.13. The molecule has 0 aliphatic heterocycles. The Bertz CT molecular complexity index is 774. The molecule has 0 saturated heterocycles. The second-order valence-electron chi connectivity index (χ2n) is 6.74. The van der Waals surface area contributed by atoms with E-state index in [1.165, 1.54) is 0 Å². The summed E-state index contributed by atoms with van der Waals surface area (Å²) in [5, 5.41) is 11.7. The van der Waals surface area contributed by atoms with Crippen LogP contribution in [0.3, 0.4) is 0 Å². The van der Waals surface area contributed by atoms with Crippen LogP contribution in [0.25, 0.3) is 11.3 Å². The summed E-state index contributed by atoms with van der Waals surface area (Å²) >= 11 is 0. The van der Waals surface area contributed by atoms with Gasteiger partial charge in [0.1, 0.15) is 28.9 Å². The van der Waals surface area contributed by atoms with Crippen LogP contribution >= 0.6 is 0 Å². The van der Waals surface area contributed by atoms with E-state index in [0.717, 1.165) is 5.56 Å². The largest absolute Gasteiger partial charge is 0.497 e. The van der Waals surface area contributed by atoms with Gasteiger partial charge in [-0.05, 0) is 45.0 Å². The molecule has 140 valence electrons. The summed E-state index contributed by atoms with van der Waals surface area (Å²) in [7, 11) is 1.58. The maximum absolute atomic E-state index is 11.8. The molecule has 0 saturated carbocycles. The van der Waals surface area contributed by atoms with E-state index >= 15 is 0 Å². The fraction of sp³-hybridized carbons (Fsp3) is 0.368. The maximum atomic E-state index is 11.8. The molecule has 1 amide bonds. The van der Waals surface area contributed by atoms with E-state index < -0.39 is 23.7 Å². The minimum absolute atomic E-state index is 0.00144. The molecule has 0 aliphatic carbocycles. The van der Waals surface area contributed by atoms with Crippen molar-refractivity contribution in [2.45, 2.75) is 38.8 Å². The standard InChI is InChI=1S/C19H23NO6/c1-19(2,3)26-18(23)20-15(17(21)22)11-14-8-9-16(25-14)12-6-5-7-13(10-12)24-4/h5-10,15H,11H2,1-4H3,(H,20,23)(H,21,22). The smallest absolute Gasteiger partial charge is 0.408 e. The third kappa shape index (κ3) is 5.54. The number of carboxylic acid groups (broad SMARTS) is 1. The van der Waals surface area contributed by atoms with E-state index in [0.29, 0.717) is 17.3 Å². The van der Waals surface area contributed by atoms with Crippen molar-refractivity contribution >= 4 is 12.1 Å². The summed E-state index contributed by atoms with van der Waals surface area (Å²) in [5.74, 6) is 0.539. The highest BCUT2D eigenvalue weighted by molar-refractivity contribution is 5.80. The number of methoxy groups -OCH3 is 1. The van der Waals surface area contributed by atoms with Crippen LogP contribution in [0.15, 0.2) is 40.8 Å². The Labute approximate surface area is 151 Å². The highest BCUT2D eigenvalue weighted by Gasteiger charge is 2.25. The monoisotopic (exact) mass is 361 g/mol. The lowest BCUT2D eigenvalue weighted by Gasteiger charge is -2.21. The van der Waals surface area contributed by atoms with Gasteiger partial charge in [-0.15, -0.1) is 0 Å². The molecule has 1 aromatic carbocycles. The average Bonchev–Trinajstić information content (AvgIpc) is 3.01. The van der Waals surface area contributed by atoms with Crippen LogP contribution in [0, 0.1) is 0 Å². The third-order valence-corrected chi connectivity index (χ3v) is 3.41. The summed E-state index contributed by atoms with van der Waals surface area (Å²) < 4.78 is 16.0. The first kappa shape index (κ1) is 19.4. The van der Waals surface area contributed by atoms with Crippen molar-refractivity contribution in [2.24, 2.45) is 0 Å². The zero-order chi connectivity index (χ0) is 19.3. The number of rotatable bonds is 6. The van der Waals surface area contributed by atoms with Crippen LogP contribution in [0.4, 0.5) is 4.79 Å². The molecule has 2 rings (SSSR count). The van der Waals surface area contributed by atoms with Crippen molar-refractivity contribution in [1.82, 2.24) is 5.32 Å². The van der Waals surface area contributed by atoms with Crippen LogP contribution in [0.1, 0.15) is 26.5 Å². The molecule has 1 unspecified atom stereocenters. The van der Waals surface area contributed by atoms with Crippen LogP contribution < -0.4 is 10.1 Å². The molecule has 7 nitrogen and oxygen atoms in total. The maximum Gasteiger partial charge on any atom is 0.408 e. The topological polar surface area (TPSA) is 98.0 Å². The number of nitrogens with one attached hydrogen (secondary N) is 1. The molecule has 1 aromatic heterocycles. The predicted molar refractivity (Wildman–Crippen MR) is 95.2 cm³/mol. The summed E-state index contributed by atoms with van der Waals surface area (Å²) in [6, 6.07) is 9.60. The molecule has 0 radical (unpaired) electrons.